The number of fused-ring (bicyclic) bond motifs is 1. The summed E-state index contributed by atoms with van der Waals surface area (Å²) in [6.45, 7) is 1.04. The van der Waals surface area contributed by atoms with Gasteiger partial charge in [0.2, 0.25) is 0 Å². The molecule has 3 nitrogen and oxygen atoms in total. The number of rotatable bonds is 5. The highest BCUT2D eigenvalue weighted by atomic mass is 32.2. The molecule has 1 aliphatic rings. The minimum Gasteiger partial charge on any atom is -0.481 e. The van der Waals surface area contributed by atoms with Crippen LogP contribution in [0.5, 0.6) is 0 Å². The second kappa shape index (κ2) is 5.96. The maximum Gasteiger partial charge on any atom is 0.303 e. The third kappa shape index (κ3) is 3.66. The van der Waals surface area contributed by atoms with Gasteiger partial charge in [-0.3, -0.25) is 4.79 Å². The molecular weight excluding hydrogens is 234 g/mol. The fraction of sp³-hybridized carbons (Fsp3) is 0.462. The second-order valence-electron chi connectivity index (χ2n) is 4.21. The Hall–Kier alpha value is -1.16. The van der Waals surface area contributed by atoms with Crippen molar-refractivity contribution in [1.82, 2.24) is 0 Å². The number of carboxylic acid groups (broad SMARTS) is 1. The molecule has 0 fully saturated rings. The van der Waals surface area contributed by atoms with E-state index in [0.717, 1.165) is 31.6 Å². The van der Waals surface area contributed by atoms with Crippen LogP contribution in [0.4, 0.5) is 5.69 Å². The molecule has 2 N–H and O–H groups in total. The molecule has 0 spiro atoms. The Kier molecular flexibility index (Phi) is 4.31. The van der Waals surface area contributed by atoms with E-state index in [2.05, 4.69) is 23.5 Å². The van der Waals surface area contributed by atoms with Crippen molar-refractivity contribution in [3.63, 3.8) is 0 Å². The lowest BCUT2D eigenvalue weighted by Crippen LogP contribution is -2.10. The monoisotopic (exact) mass is 251 g/mol. The SMILES string of the molecule is O=C(O)CCCCc1ccc2c(c1)SCCN2. The van der Waals surface area contributed by atoms with Crippen molar-refractivity contribution < 1.29 is 9.90 Å². The molecule has 0 saturated heterocycles. The minimum absolute atomic E-state index is 0.279. The van der Waals surface area contributed by atoms with Crippen LogP contribution in [0.3, 0.4) is 0 Å². The summed E-state index contributed by atoms with van der Waals surface area (Å²) < 4.78 is 0. The number of unbranched alkanes of at least 4 members (excludes halogenated alkanes) is 1. The summed E-state index contributed by atoms with van der Waals surface area (Å²) in [7, 11) is 0. The van der Waals surface area contributed by atoms with E-state index in [-0.39, 0.29) is 6.42 Å². The molecular formula is C13H17NO2S. The van der Waals surface area contributed by atoms with Crippen LogP contribution in [0.25, 0.3) is 0 Å². The Morgan fingerprint density at radius 2 is 2.29 bits per heavy atom. The highest BCUT2D eigenvalue weighted by Crippen LogP contribution is 2.31. The largest absolute Gasteiger partial charge is 0.481 e. The first-order chi connectivity index (χ1) is 8.25. The minimum atomic E-state index is -0.699. The van der Waals surface area contributed by atoms with Gasteiger partial charge in [-0.05, 0) is 37.0 Å². The smallest absolute Gasteiger partial charge is 0.303 e. The Bertz CT molecular complexity index is 406. The summed E-state index contributed by atoms with van der Waals surface area (Å²) in [5.74, 6) is 0.422. The second-order valence-corrected chi connectivity index (χ2v) is 5.34. The zero-order valence-corrected chi connectivity index (χ0v) is 10.6. The quantitative estimate of drug-likeness (QED) is 0.790. The van der Waals surface area contributed by atoms with Crippen LogP contribution in [0.2, 0.25) is 0 Å². The number of aryl methyl sites for hydroxylation is 1. The van der Waals surface area contributed by atoms with Gasteiger partial charge in [-0.2, -0.15) is 0 Å². The summed E-state index contributed by atoms with van der Waals surface area (Å²) in [5, 5.41) is 11.9. The van der Waals surface area contributed by atoms with Crippen LogP contribution in [-0.2, 0) is 11.2 Å². The van der Waals surface area contributed by atoms with E-state index in [1.807, 2.05) is 11.8 Å². The van der Waals surface area contributed by atoms with Gasteiger partial charge in [-0.1, -0.05) is 6.07 Å². The number of hydrogen-bond donors (Lipinski definition) is 2. The number of thioether (sulfide) groups is 1. The Morgan fingerprint density at radius 1 is 1.41 bits per heavy atom. The van der Waals surface area contributed by atoms with Crippen LogP contribution in [-0.4, -0.2) is 23.4 Å². The van der Waals surface area contributed by atoms with Gasteiger partial charge in [-0.15, -0.1) is 11.8 Å². The summed E-state index contributed by atoms with van der Waals surface area (Å²) >= 11 is 1.89. The first kappa shape index (κ1) is 12.3. The molecule has 4 heteroatoms. The molecule has 2 rings (SSSR count). The standard InChI is InChI=1S/C13H17NO2S/c15-13(16)4-2-1-3-10-5-6-11-12(9-10)17-8-7-14-11/h5-6,9,14H,1-4,7-8H2,(H,15,16). The van der Waals surface area contributed by atoms with Crippen molar-refractivity contribution >= 4 is 23.4 Å². The van der Waals surface area contributed by atoms with Crippen molar-refractivity contribution in [2.24, 2.45) is 0 Å². The molecule has 0 aliphatic carbocycles. The first-order valence-corrected chi connectivity index (χ1v) is 6.95. The Balaban J connectivity index is 1.86. The molecule has 0 unspecified atom stereocenters. The Labute approximate surface area is 106 Å². The average molecular weight is 251 g/mol. The average Bonchev–Trinajstić information content (AvgIpc) is 2.34. The van der Waals surface area contributed by atoms with Crippen LogP contribution in [0.1, 0.15) is 24.8 Å². The van der Waals surface area contributed by atoms with Gasteiger partial charge in [-0.25, -0.2) is 0 Å². The van der Waals surface area contributed by atoms with Gasteiger partial charge in [0.15, 0.2) is 0 Å². The lowest BCUT2D eigenvalue weighted by atomic mass is 10.1. The molecule has 1 aromatic rings. The normalized spacial score (nSPS) is 13.9. The van der Waals surface area contributed by atoms with Crippen molar-refractivity contribution in [3.05, 3.63) is 23.8 Å². The molecule has 0 amide bonds. The van der Waals surface area contributed by atoms with E-state index >= 15 is 0 Å². The van der Waals surface area contributed by atoms with Crippen LogP contribution < -0.4 is 5.32 Å². The molecule has 17 heavy (non-hydrogen) atoms. The van der Waals surface area contributed by atoms with Gasteiger partial charge in [0.05, 0.1) is 0 Å². The van der Waals surface area contributed by atoms with Crippen molar-refractivity contribution in [3.8, 4) is 0 Å². The van der Waals surface area contributed by atoms with Gasteiger partial charge in [0, 0.05) is 29.3 Å². The number of nitrogens with one attached hydrogen (secondary N) is 1. The van der Waals surface area contributed by atoms with Gasteiger partial charge in [0.25, 0.3) is 0 Å². The molecule has 0 radical (unpaired) electrons. The number of aliphatic carboxylic acids is 1. The number of anilines is 1. The summed E-state index contributed by atoms with van der Waals surface area (Å²) in [4.78, 5) is 11.7. The van der Waals surface area contributed by atoms with Gasteiger partial charge in [0.1, 0.15) is 0 Å². The van der Waals surface area contributed by atoms with E-state index in [9.17, 15) is 4.79 Å². The van der Waals surface area contributed by atoms with Crippen molar-refractivity contribution in [2.45, 2.75) is 30.6 Å². The molecule has 1 aromatic carbocycles. The third-order valence-electron chi connectivity index (χ3n) is 2.83. The molecule has 0 atom stereocenters. The van der Waals surface area contributed by atoms with Crippen LogP contribution in [0, 0.1) is 0 Å². The zero-order valence-electron chi connectivity index (χ0n) is 9.74. The van der Waals surface area contributed by atoms with E-state index in [1.165, 1.54) is 16.1 Å². The third-order valence-corrected chi connectivity index (χ3v) is 3.88. The molecule has 0 aromatic heterocycles. The molecule has 0 bridgehead atoms. The fourth-order valence-corrected chi connectivity index (χ4v) is 2.89. The lowest BCUT2D eigenvalue weighted by Gasteiger charge is -2.18. The molecule has 0 saturated carbocycles. The predicted molar refractivity (Wildman–Crippen MR) is 70.8 cm³/mol. The predicted octanol–water partition coefficient (Wildman–Crippen LogP) is 3.00. The zero-order chi connectivity index (χ0) is 12.1. The lowest BCUT2D eigenvalue weighted by molar-refractivity contribution is -0.137. The highest BCUT2D eigenvalue weighted by molar-refractivity contribution is 7.99. The van der Waals surface area contributed by atoms with E-state index < -0.39 is 5.97 Å². The van der Waals surface area contributed by atoms with Crippen molar-refractivity contribution in [1.29, 1.82) is 0 Å². The number of hydrogen-bond acceptors (Lipinski definition) is 3. The molecule has 92 valence electrons. The summed E-state index contributed by atoms with van der Waals surface area (Å²) in [6.07, 6.45) is 2.96. The van der Waals surface area contributed by atoms with Crippen LogP contribution >= 0.6 is 11.8 Å². The van der Waals surface area contributed by atoms with E-state index in [4.69, 9.17) is 5.11 Å². The molecule has 1 heterocycles. The first-order valence-electron chi connectivity index (χ1n) is 5.97. The number of carbonyl (C=O) groups is 1. The van der Waals surface area contributed by atoms with Gasteiger partial charge >= 0.3 is 5.97 Å². The topological polar surface area (TPSA) is 49.3 Å². The molecule has 1 aliphatic heterocycles. The maximum absolute atomic E-state index is 10.4. The van der Waals surface area contributed by atoms with Crippen LogP contribution in [0.15, 0.2) is 23.1 Å². The van der Waals surface area contributed by atoms with E-state index in [1.54, 1.807) is 0 Å². The number of benzene rings is 1. The van der Waals surface area contributed by atoms with E-state index in [0.29, 0.717) is 0 Å². The summed E-state index contributed by atoms with van der Waals surface area (Å²) in [5.41, 5.74) is 2.54. The van der Waals surface area contributed by atoms with Crippen molar-refractivity contribution in [2.75, 3.05) is 17.6 Å². The number of carboxylic acids is 1. The fourth-order valence-electron chi connectivity index (χ4n) is 1.94. The summed E-state index contributed by atoms with van der Waals surface area (Å²) in [6, 6.07) is 6.50. The Morgan fingerprint density at radius 3 is 3.12 bits per heavy atom. The maximum atomic E-state index is 10.4. The van der Waals surface area contributed by atoms with Gasteiger partial charge < -0.3 is 10.4 Å². The highest BCUT2D eigenvalue weighted by Gasteiger charge is 2.09.